The van der Waals surface area contributed by atoms with Crippen LogP contribution in [0, 0.1) is 5.41 Å². The van der Waals surface area contributed by atoms with E-state index in [0.717, 1.165) is 18.5 Å². The van der Waals surface area contributed by atoms with E-state index in [9.17, 15) is 0 Å². The predicted octanol–water partition coefficient (Wildman–Crippen LogP) is 4.66. The van der Waals surface area contributed by atoms with Gasteiger partial charge in [-0.25, -0.2) is 0 Å². The van der Waals surface area contributed by atoms with E-state index >= 15 is 0 Å². The quantitative estimate of drug-likeness (QED) is 0.826. The second-order valence-corrected chi connectivity index (χ2v) is 6.73. The van der Waals surface area contributed by atoms with Crippen molar-refractivity contribution in [1.82, 2.24) is 5.32 Å². The van der Waals surface area contributed by atoms with E-state index in [1.807, 2.05) is 0 Å². The molecule has 2 heteroatoms. The molecule has 2 aromatic rings. The first-order valence-electron chi connectivity index (χ1n) is 7.84. The highest BCUT2D eigenvalue weighted by Crippen LogP contribution is 2.44. The van der Waals surface area contributed by atoms with E-state index in [0.29, 0.717) is 11.5 Å². The SMILES string of the molecule is CCCCc1oc2ccccc2c1CNC1CC1(C)C. The van der Waals surface area contributed by atoms with Crippen molar-refractivity contribution < 1.29 is 4.42 Å². The van der Waals surface area contributed by atoms with Crippen LogP contribution in [0.3, 0.4) is 0 Å². The van der Waals surface area contributed by atoms with Crippen molar-refractivity contribution in [2.45, 2.75) is 59.0 Å². The molecule has 1 saturated carbocycles. The molecule has 1 N–H and O–H groups in total. The molecule has 108 valence electrons. The van der Waals surface area contributed by atoms with Gasteiger partial charge in [0, 0.05) is 30.0 Å². The zero-order valence-electron chi connectivity index (χ0n) is 12.8. The zero-order chi connectivity index (χ0) is 14.2. The van der Waals surface area contributed by atoms with E-state index in [4.69, 9.17) is 4.42 Å². The topological polar surface area (TPSA) is 25.2 Å². The maximum atomic E-state index is 6.07. The van der Waals surface area contributed by atoms with Crippen LogP contribution in [0.2, 0.25) is 0 Å². The second-order valence-electron chi connectivity index (χ2n) is 6.73. The Hall–Kier alpha value is -1.28. The molecule has 0 aliphatic heterocycles. The van der Waals surface area contributed by atoms with Gasteiger partial charge in [-0.05, 0) is 24.3 Å². The minimum absolute atomic E-state index is 0.475. The fourth-order valence-electron chi connectivity index (χ4n) is 2.92. The fourth-order valence-corrected chi connectivity index (χ4v) is 2.92. The summed E-state index contributed by atoms with van der Waals surface area (Å²) in [5, 5.41) is 4.98. The van der Waals surface area contributed by atoms with Gasteiger partial charge in [-0.15, -0.1) is 0 Å². The lowest BCUT2D eigenvalue weighted by Crippen LogP contribution is -2.20. The van der Waals surface area contributed by atoms with Gasteiger partial charge in [0.25, 0.3) is 0 Å². The first-order valence-corrected chi connectivity index (χ1v) is 7.84. The summed E-state index contributed by atoms with van der Waals surface area (Å²) in [4.78, 5) is 0. The fraction of sp³-hybridized carbons (Fsp3) is 0.556. The third-order valence-electron chi connectivity index (χ3n) is 4.58. The molecule has 1 aliphatic carbocycles. The molecule has 1 aromatic carbocycles. The third kappa shape index (κ3) is 2.62. The van der Waals surface area contributed by atoms with Crippen molar-refractivity contribution in [2.75, 3.05) is 0 Å². The van der Waals surface area contributed by atoms with Gasteiger partial charge in [-0.2, -0.15) is 0 Å². The molecule has 0 bridgehead atoms. The van der Waals surface area contributed by atoms with Gasteiger partial charge in [-0.3, -0.25) is 0 Å². The molecule has 0 amide bonds. The number of unbranched alkanes of at least 4 members (excludes halogenated alkanes) is 1. The van der Waals surface area contributed by atoms with Gasteiger partial charge < -0.3 is 9.73 Å². The summed E-state index contributed by atoms with van der Waals surface area (Å²) in [6, 6.07) is 9.08. The van der Waals surface area contributed by atoms with Gasteiger partial charge in [0.05, 0.1) is 0 Å². The zero-order valence-corrected chi connectivity index (χ0v) is 12.8. The summed E-state index contributed by atoms with van der Waals surface area (Å²) in [5.74, 6) is 1.18. The summed E-state index contributed by atoms with van der Waals surface area (Å²) in [7, 11) is 0. The number of hydrogen-bond acceptors (Lipinski definition) is 2. The Balaban J connectivity index is 1.82. The number of nitrogens with one attached hydrogen (secondary N) is 1. The molecular formula is C18H25NO. The molecule has 0 radical (unpaired) electrons. The highest BCUT2D eigenvalue weighted by Gasteiger charge is 2.45. The lowest BCUT2D eigenvalue weighted by molar-refractivity contribution is 0.512. The summed E-state index contributed by atoms with van der Waals surface area (Å²) < 4.78 is 6.07. The molecule has 0 saturated heterocycles. The number of hydrogen-bond donors (Lipinski definition) is 1. The number of fused-ring (bicyclic) bond motifs is 1. The van der Waals surface area contributed by atoms with E-state index < -0.39 is 0 Å². The average molecular weight is 271 g/mol. The maximum Gasteiger partial charge on any atom is 0.134 e. The Morgan fingerprint density at radius 3 is 2.75 bits per heavy atom. The van der Waals surface area contributed by atoms with Crippen molar-refractivity contribution in [1.29, 1.82) is 0 Å². The van der Waals surface area contributed by atoms with E-state index in [-0.39, 0.29) is 0 Å². The van der Waals surface area contributed by atoms with Crippen LogP contribution in [0.25, 0.3) is 11.0 Å². The lowest BCUT2D eigenvalue weighted by Gasteiger charge is -2.07. The molecule has 2 nitrogen and oxygen atoms in total. The first kappa shape index (κ1) is 13.7. The van der Waals surface area contributed by atoms with Gasteiger partial charge in [-0.1, -0.05) is 45.4 Å². The number of para-hydroxylation sites is 1. The Morgan fingerprint density at radius 2 is 2.05 bits per heavy atom. The lowest BCUT2D eigenvalue weighted by atomic mass is 10.1. The Kier molecular flexibility index (Phi) is 3.59. The summed E-state index contributed by atoms with van der Waals surface area (Å²) in [6.07, 6.45) is 4.74. The summed E-state index contributed by atoms with van der Waals surface area (Å²) in [6.45, 7) is 7.82. The largest absolute Gasteiger partial charge is 0.461 e. The van der Waals surface area contributed by atoms with Crippen molar-refractivity contribution in [3.05, 3.63) is 35.6 Å². The molecular weight excluding hydrogens is 246 g/mol. The average Bonchev–Trinajstić information content (AvgIpc) is 2.90. The van der Waals surface area contributed by atoms with Crippen LogP contribution in [-0.4, -0.2) is 6.04 Å². The Bertz CT molecular complexity index is 596. The van der Waals surface area contributed by atoms with Crippen LogP contribution in [0.4, 0.5) is 0 Å². The van der Waals surface area contributed by atoms with Gasteiger partial charge in [0.15, 0.2) is 0 Å². The molecule has 3 rings (SSSR count). The van der Waals surface area contributed by atoms with Crippen molar-refractivity contribution in [2.24, 2.45) is 5.41 Å². The van der Waals surface area contributed by atoms with Crippen molar-refractivity contribution in [3.63, 3.8) is 0 Å². The summed E-state index contributed by atoms with van der Waals surface area (Å²) in [5.41, 5.74) is 2.88. The van der Waals surface area contributed by atoms with Crippen LogP contribution < -0.4 is 5.32 Å². The highest BCUT2D eigenvalue weighted by molar-refractivity contribution is 5.82. The highest BCUT2D eigenvalue weighted by atomic mass is 16.3. The molecule has 0 spiro atoms. The van der Waals surface area contributed by atoms with Gasteiger partial charge in [0.1, 0.15) is 11.3 Å². The number of benzene rings is 1. The second kappa shape index (κ2) is 5.25. The van der Waals surface area contributed by atoms with Crippen LogP contribution in [0.5, 0.6) is 0 Å². The van der Waals surface area contributed by atoms with E-state index in [1.54, 1.807) is 0 Å². The molecule has 1 unspecified atom stereocenters. The monoisotopic (exact) mass is 271 g/mol. The third-order valence-corrected chi connectivity index (χ3v) is 4.58. The standard InChI is InChI=1S/C18H25NO/c1-4-5-9-16-14(12-19-17-11-18(17,2)3)13-8-6-7-10-15(13)20-16/h6-8,10,17,19H,4-5,9,11-12H2,1-3H3. The minimum Gasteiger partial charge on any atom is -0.461 e. The molecule has 1 fully saturated rings. The molecule has 1 heterocycles. The molecule has 20 heavy (non-hydrogen) atoms. The van der Waals surface area contributed by atoms with Crippen LogP contribution in [0.15, 0.2) is 28.7 Å². The first-order chi connectivity index (χ1) is 9.62. The number of furan rings is 1. The Morgan fingerprint density at radius 1 is 1.30 bits per heavy atom. The van der Waals surface area contributed by atoms with Crippen molar-refractivity contribution >= 4 is 11.0 Å². The molecule has 1 aromatic heterocycles. The van der Waals surface area contributed by atoms with Crippen LogP contribution >= 0.6 is 0 Å². The summed E-state index contributed by atoms with van der Waals surface area (Å²) >= 11 is 0. The molecule has 1 atom stereocenters. The normalized spacial score (nSPS) is 20.4. The Labute approximate surface area is 121 Å². The van der Waals surface area contributed by atoms with E-state index in [2.05, 4.69) is 50.4 Å². The van der Waals surface area contributed by atoms with Crippen LogP contribution in [0.1, 0.15) is 51.4 Å². The van der Waals surface area contributed by atoms with Gasteiger partial charge in [0.2, 0.25) is 0 Å². The maximum absolute atomic E-state index is 6.07. The minimum atomic E-state index is 0.475. The number of aryl methyl sites for hydroxylation is 1. The smallest absolute Gasteiger partial charge is 0.134 e. The van der Waals surface area contributed by atoms with E-state index in [1.165, 1.54) is 36.0 Å². The predicted molar refractivity (Wildman–Crippen MR) is 83.9 cm³/mol. The molecule has 1 aliphatic rings. The van der Waals surface area contributed by atoms with Gasteiger partial charge >= 0.3 is 0 Å². The van der Waals surface area contributed by atoms with Crippen molar-refractivity contribution in [3.8, 4) is 0 Å². The number of rotatable bonds is 6. The van der Waals surface area contributed by atoms with Crippen LogP contribution in [-0.2, 0) is 13.0 Å².